The highest BCUT2D eigenvalue weighted by atomic mass is 35.5. The maximum absolute atomic E-state index is 6.17. The van der Waals surface area contributed by atoms with E-state index in [9.17, 15) is 0 Å². The molecule has 5 nitrogen and oxygen atoms in total. The fourth-order valence-electron chi connectivity index (χ4n) is 2.66. The van der Waals surface area contributed by atoms with Crippen molar-refractivity contribution in [2.45, 2.75) is 19.9 Å². The van der Waals surface area contributed by atoms with Crippen molar-refractivity contribution in [2.75, 3.05) is 5.32 Å². The van der Waals surface area contributed by atoms with Crippen LogP contribution in [0.1, 0.15) is 13.8 Å². The Labute approximate surface area is 154 Å². The van der Waals surface area contributed by atoms with Crippen molar-refractivity contribution < 1.29 is 0 Å². The lowest BCUT2D eigenvalue weighted by Gasteiger charge is -2.07. The molecule has 0 aliphatic rings. The minimum Gasteiger partial charge on any atom is -0.359 e. The van der Waals surface area contributed by atoms with Gasteiger partial charge in [-0.1, -0.05) is 35.1 Å². The fourth-order valence-corrected chi connectivity index (χ4v) is 3.80. The third kappa shape index (κ3) is 3.23. The van der Waals surface area contributed by atoms with Gasteiger partial charge in [0, 0.05) is 34.6 Å². The molecule has 4 rings (SSSR count). The quantitative estimate of drug-likeness (QED) is 0.550. The molecule has 0 spiro atoms. The van der Waals surface area contributed by atoms with E-state index in [4.69, 9.17) is 11.6 Å². The van der Waals surface area contributed by atoms with Gasteiger partial charge in [-0.05, 0) is 37.6 Å². The first-order valence-corrected chi connectivity index (χ1v) is 9.11. The molecule has 1 aromatic carbocycles. The number of rotatable bonds is 4. The second-order valence-electron chi connectivity index (χ2n) is 6.04. The lowest BCUT2D eigenvalue weighted by Crippen LogP contribution is -2.08. The van der Waals surface area contributed by atoms with E-state index in [-0.39, 0.29) is 0 Å². The lowest BCUT2D eigenvalue weighted by molar-refractivity contribution is 0.896. The first kappa shape index (κ1) is 16.1. The largest absolute Gasteiger partial charge is 0.359 e. The topological polar surface area (TPSA) is 55.1 Å². The predicted octanol–water partition coefficient (Wildman–Crippen LogP) is 4.99. The molecule has 3 heterocycles. The number of halogens is 1. The van der Waals surface area contributed by atoms with E-state index in [1.165, 1.54) is 0 Å². The van der Waals surface area contributed by atoms with Crippen LogP contribution in [0, 0.1) is 0 Å². The SMILES string of the molecule is CC(C)Nc1ncc(-c2cc(-c3cccc(Cl)c3)c3nncn3c2)s1. The number of hydrogen-bond donors (Lipinski definition) is 1. The Bertz CT molecular complexity index is 1040. The summed E-state index contributed by atoms with van der Waals surface area (Å²) < 4.78 is 1.93. The second-order valence-corrected chi connectivity index (χ2v) is 7.51. The number of nitrogens with zero attached hydrogens (tertiary/aromatic N) is 4. The minimum atomic E-state index is 0.348. The highest BCUT2D eigenvalue weighted by Gasteiger charge is 2.12. The number of pyridine rings is 1. The molecule has 0 aliphatic carbocycles. The molecule has 0 fully saturated rings. The van der Waals surface area contributed by atoms with Crippen molar-refractivity contribution in [2.24, 2.45) is 0 Å². The molecule has 25 heavy (non-hydrogen) atoms. The summed E-state index contributed by atoms with van der Waals surface area (Å²) in [6, 6.07) is 10.2. The van der Waals surface area contributed by atoms with Crippen molar-refractivity contribution >= 4 is 33.7 Å². The summed E-state index contributed by atoms with van der Waals surface area (Å²) >= 11 is 7.80. The normalized spacial score (nSPS) is 11.4. The molecular formula is C18H16ClN5S. The molecule has 4 aromatic rings. The van der Waals surface area contributed by atoms with Crippen molar-refractivity contribution in [1.29, 1.82) is 0 Å². The van der Waals surface area contributed by atoms with Gasteiger partial charge in [0.05, 0.1) is 4.88 Å². The van der Waals surface area contributed by atoms with Gasteiger partial charge in [0.2, 0.25) is 0 Å². The zero-order valence-corrected chi connectivity index (χ0v) is 15.3. The van der Waals surface area contributed by atoms with Gasteiger partial charge in [-0.15, -0.1) is 10.2 Å². The molecule has 0 saturated heterocycles. The molecule has 126 valence electrons. The van der Waals surface area contributed by atoms with Crippen LogP contribution in [0.3, 0.4) is 0 Å². The predicted molar refractivity (Wildman–Crippen MR) is 103 cm³/mol. The van der Waals surface area contributed by atoms with Crippen LogP contribution < -0.4 is 5.32 Å². The molecule has 0 saturated carbocycles. The Morgan fingerprint density at radius 2 is 2.08 bits per heavy atom. The van der Waals surface area contributed by atoms with Crippen molar-refractivity contribution in [1.82, 2.24) is 19.6 Å². The number of nitrogens with one attached hydrogen (secondary N) is 1. The molecule has 7 heteroatoms. The fraction of sp³-hybridized carbons (Fsp3) is 0.167. The zero-order chi connectivity index (χ0) is 17.4. The van der Waals surface area contributed by atoms with Crippen LogP contribution >= 0.6 is 22.9 Å². The average molecular weight is 370 g/mol. The zero-order valence-electron chi connectivity index (χ0n) is 13.8. The van der Waals surface area contributed by atoms with Gasteiger partial charge in [-0.3, -0.25) is 4.40 Å². The van der Waals surface area contributed by atoms with Gasteiger partial charge in [-0.25, -0.2) is 4.98 Å². The first-order valence-electron chi connectivity index (χ1n) is 7.92. The molecule has 0 aliphatic heterocycles. The van der Waals surface area contributed by atoms with E-state index in [2.05, 4.69) is 40.4 Å². The van der Waals surface area contributed by atoms with E-state index < -0.39 is 0 Å². The summed E-state index contributed by atoms with van der Waals surface area (Å²) in [7, 11) is 0. The third-order valence-corrected chi connectivity index (χ3v) is 4.94. The monoisotopic (exact) mass is 369 g/mol. The van der Waals surface area contributed by atoms with E-state index >= 15 is 0 Å². The summed E-state index contributed by atoms with van der Waals surface area (Å²) in [6.07, 6.45) is 5.62. The Morgan fingerprint density at radius 1 is 1.20 bits per heavy atom. The molecule has 1 N–H and O–H groups in total. The molecule has 0 unspecified atom stereocenters. The Morgan fingerprint density at radius 3 is 2.88 bits per heavy atom. The summed E-state index contributed by atoms with van der Waals surface area (Å²) in [5.74, 6) is 0. The van der Waals surface area contributed by atoms with E-state index in [0.717, 1.165) is 32.3 Å². The number of hydrogen-bond acceptors (Lipinski definition) is 5. The van der Waals surface area contributed by atoms with Crippen LogP contribution in [0.2, 0.25) is 5.02 Å². The van der Waals surface area contributed by atoms with Crippen molar-refractivity contribution in [3.05, 3.63) is 54.1 Å². The van der Waals surface area contributed by atoms with Gasteiger partial charge < -0.3 is 5.32 Å². The van der Waals surface area contributed by atoms with Crippen LogP contribution in [0.15, 0.2) is 49.1 Å². The standard InChI is InChI=1S/C18H16ClN5S/c1-11(2)22-18-20-8-16(25-18)13-7-15(12-4-3-5-14(19)6-12)17-23-21-10-24(17)9-13/h3-11H,1-2H3,(H,20,22). The molecule has 0 radical (unpaired) electrons. The van der Waals surface area contributed by atoms with Crippen molar-refractivity contribution in [3.63, 3.8) is 0 Å². The van der Waals surface area contributed by atoms with E-state index in [0.29, 0.717) is 11.1 Å². The van der Waals surface area contributed by atoms with Crippen LogP contribution in [0.5, 0.6) is 0 Å². The van der Waals surface area contributed by atoms with Gasteiger partial charge >= 0.3 is 0 Å². The van der Waals surface area contributed by atoms with Crippen LogP contribution in [0.4, 0.5) is 5.13 Å². The van der Waals surface area contributed by atoms with Gasteiger partial charge in [0.15, 0.2) is 10.8 Å². The first-order chi connectivity index (χ1) is 12.1. The summed E-state index contributed by atoms with van der Waals surface area (Å²) in [6.45, 7) is 4.20. The average Bonchev–Trinajstić information content (AvgIpc) is 3.22. The summed E-state index contributed by atoms with van der Waals surface area (Å²) in [5, 5.41) is 13.2. The molecule has 0 atom stereocenters. The molecule has 0 bridgehead atoms. The number of benzene rings is 1. The Hall–Kier alpha value is -2.44. The van der Waals surface area contributed by atoms with Gasteiger partial charge in [-0.2, -0.15) is 0 Å². The second kappa shape index (κ2) is 6.46. The Balaban J connectivity index is 1.84. The molecule has 0 amide bonds. The van der Waals surface area contributed by atoms with Crippen LogP contribution in [-0.4, -0.2) is 25.6 Å². The van der Waals surface area contributed by atoms with Crippen LogP contribution in [-0.2, 0) is 0 Å². The van der Waals surface area contributed by atoms with Crippen LogP contribution in [0.25, 0.3) is 27.2 Å². The number of anilines is 1. The van der Waals surface area contributed by atoms with Gasteiger partial charge in [0.25, 0.3) is 0 Å². The molecule has 3 aromatic heterocycles. The Kier molecular flexibility index (Phi) is 4.15. The summed E-state index contributed by atoms with van der Waals surface area (Å²) in [5.41, 5.74) is 3.87. The number of fused-ring (bicyclic) bond motifs is 1. The van der Waals surface area contributed by atoms with Crippen molar-refractivity contribution in [3.8, 4) is 21.6 Å². The number of aromatic nitrogens is 4. The maximum atomic E-state index is 6.17. The highest BCUT2D eigenvalue weighted by molar-refractivity contribution is 7.18. The molecular weight excluding hydrogens is 354 g/mol. The van der Waals surface area contributed by atoms with E-state index in [1.807, 2.05) is 41.1 Å². The smallest absolute Gasteiger partial charge is 0.183 e. The van der Waals surface area contributed by atoms with Gasteiger partial charge in [0.1, 0.15) is 6.33 Å². The third-order valence-electron chi connectivity index (χ3n) is 3.73. The minimum absolute atomic E-state index is 0.348. The van der Waals surface area contributed by atoms with E-state index in [1.54, 1.807) is 17.7 Å². The summed E-state index contributed by atoms with van der Waals surface area (Å²) in [4.78, 5) is 5.55. The maximum Gasteiger partial charge on any atom is 0.183 e. The number of thiazole rings is 1. The lowest BCUT2D eigenvalue weighted by atomic mass is 10.0. The highest BCUT2D eigenvalue weighted by Crippen LogP contribution is 2.34.